The lowest BCUT2D eigenvalue weighted by atomic mass is 10.0. The van der Waals surface area contributed by atoms with Crippen molar-refractivity contribution in [1.29, 1.82) is 0 Å². The Balaban J connectivity index is 2.98. The minimum atomic E-state index is 0.165. The second kappa shape index (κ2) is 8.08. The van der Waals surface area contributed by atoms with Crippen LogP contribution in [-0.2, 0) is 0 Å². The van der Waals surface area contributed by atoms with Crippen molar-refractivity contribution in [2.45, 2.75) is 52.6 Å². The third-order valence-corrected chi connectivity index (χ3v) is 3.96. The first-order valence-corrected chi connectivity index (χ1v) is 8.03. The largest absolute Gasteiger partial charge is 0.453 e. The fraction of sp³-hybridized carbons (Fsp3) is 0.733. The van der Waals surface area contributed by atoms with Crippen molar-refractivity contribution in [2.75, 3.05) is 13.1 Å². The van der Waals surface area contributed by atoms with Crippen molar-refractivity contribution in [2.24, 2.45) is 11.7 Å². The highest BCUT2D eigenvalue weighted by molar-refractivity contribution is 9.10. The Labute approximate surface area is 125 Å². The van der Waals surface area contributed by atoms with Gasteiger partial charge in [-0.2, -0.15) is 0 Å². The van der Waals surface area contributed by atoms with Crippen molar-refractivity contribution >= 4 is 15.9 Å². The number of hydrogen-bond donors (Lipinski definition) is 1. The molecule has 2 N–H and O–H groups in total. The molecular weight excluding hydrogens is 304 g/mol. The van der Waals surface area contributed by atoms with Crippen molar-refractivity contribution in [1.82, 2.24) is 4.90 Å². The second-order valence-corrected chi connectivity index (χ2v) is 6.24. The molecule has 1 atom stereocenters. The first kappa shape index (κ1) is 16.7. The number of furan rings is 1. The molecule has 0 saturated carbocycles. The predicted molar refractivity (Wildman–Crippen MR) is 84.1 cm³/mol. The molecule has 110 valence electrons. The predicted octanol–water partition coefficient (Wildman–Crippen LogP) is 4.19. The summed E-state index contributed by atoms with van der Waals surface area (Å²) in [5.41, 5.74) is 6.02. The minimum absolute atomic E-state index is 0.165. The van der Waals surface area contributed by atoms with E-state index in [2.05, 4.69) is 48.5 Å². The van der Waals surface area contributed by atoms with Crippen LogP contribution in [0.3, 0.4) is 0 Å². The summed E-state index contributed by atoms with van der Waals surface area (Å²) < 4.78 is 6.51. The van der Waals surface area contributed by atoms with Crippen molar-refractivity contribution in [3.8, 4) is 0 Å². The zero-order valence-corrected chi connectivity index (χ0v) is 14.1. The highest BCUT2D eigenvalue weighted by atomic mass is 79.9. The van der Waals surface area contributed by atoms with Crippen LogP contribution in [-0.4, -0.2) is 24.0 Å². The molecule has 0 saturated heterocycles. The number of hydrogen-bond acceptors (Lipinski definition) is 3. The van der Waals surface area contributed by atoms with Crippen LogP contribution in [0.2, 0.25) is 0 Å². The lowest BCUT2D eigenvalue weighted by molar-refractivity contribution is 0.0986. The highest BCUT2D eigenvalue weighted by Gasteiger charge is 2.27. The fourth-order valence-corrected chi connectivity index (χ4v) is 2.95. The summed E-state index contributed by atoms with van der Waals surface area (Å²) in [6.07, 6.45) is 2.28. The van der Waals surface area contributed by atoms with E-state index in [1.807, 2.05) is 12.1 Å². The van der Waals surface area contributed by atoms with Gasteiger partial charge in [0.25, 0.3) is 0 Å². The van der Waals surface area contributed by atoms with Gasteiger partial charge in [0.05, 0.1) is 6.04 Å². The van der Waals surface area contributed by atoms with Crippen LogP contribution in [0.4, 0.5) is 0 Å². The molecule has 1 unspecified atom stereocenters. The molecule has 0 spiro atoms. The molecule has 0 aliphatic heterocycles. The van der Waals surface area contributed by atoms with Gasteiger partial charge < -0.3 is 10.2 Å². The van der Waals surface area contributed by atoms with Gasteiger partial charge in [0.2, 0.25) is 0 Å². The van der Waals surface area contributed by atoms with Gasteiger partial charge in [-0.15, -0.1) is 0 Å². The van der Waals surface area contributed by atoms with E-state index in [1.54, 1.807) is 0 Å². The SMILES string of the molecule is CCC(CC)N(CC(C)C)C(CN)c1ccc(Br)o1. The average Bonchev–Trinajstić information content (AvgIpc) is 2.77. The molecule has 0 radical (unpaired) electrons. The van der Waals surface area contributed by atoms with Gasteiger partial charge in [0, 0.05) is 19.1 Å². The Kier molecular flexibility index (Phi) is 7.11. The summed E-state index contributed by atoms with van der Waals surface area (Å²) >= 11 is 3.37. The number of nitrogens with zero attached hydrogens (tertiary/aromatic N) is 1. The van der Waals surface area contributed by atoms with Crippen LogP contribution in [0.25, 0.3) is 0 Å². The van der Waals surface area contributed by atoms with Gasteiger partial charge >= 0.3 is 0 Å². The molecule has 0 aliphatic carbocycles. The van der Waals surface area contributed by atoms with E-state index in [1.165, 1.54) is 0 Å². The molecule has 4 heteroatoms. The maximum atomic E-state index is 6.02. The van der Waals surface area contributed by atoms with Gasteiger partial charge in [0.15, 0.2) is 4.67 Å². The van der Waals surface area contributed by atoms with Crippen molar-refractivity contribution in [3.05, 3.63) is 22.6 Å². The third-order valence-electron chi connectivity index (χ3n) is 3.53. The van der Waals surface area contributed by atoms with Gasteiger partial charge in [-0.05, 0) is 46.8 Å². The highest BCUT2D eigenvalue weighted by Crippen LogP contribution is 2.28. The van der Waals surface area contributed by atoms with Gasteiger partial charge in [-0.1, -0.05) is 27.7 Å². The minimum Gasteiger partial charge on any atom is -0.453 e. The number of rotatable bonds is 8. The molecule has 0 bridgehead atoms. The van der Waals surface area contributed by atoms with Crippen molar-refractivity contribution < 1.29 is 4.42 Å². The molecule has 0 amide bonds. The molecule has 3 nitrogen and oxygen atoms in total. The Morgan fingerprint density at radius 3 is 2.26 bits per heavy atom. The lowest BCUT2D eigenvalue weighted by Crippen LogP contribution is -2.43. The van der Waals surface area contributed by atoms with Gasteiger partial charge in [-0.3, -0.25) is 4.90 Å². The van der Waals surface area contributed by atoms with E-state index in [0.29, 0.717) is 18.5 Å². The van der Waals surface area contributed by atoms with E-state index < -0.39 is 0 Å². The summed E-state index contributed by atoms with van der Waals surface area (Å²) in [7, 11) is 0. The van der Waals surface area contributed by atoms with Crippen LogP contribution in [0, 0.1) is 5.92 Å². The fourth-order valence-electron chi connectivity index (χ4n) is 2.63. The smallest absolute Gasteiger partial charge is 0.169 e. The Morgan fingerprint density at radius 1 is 1.26 bits per heavy atom. The summed E-state index contributed by atoms with van der Waals surface area (Å²) in [6, 6.07) is 4.69. The molecule has 1 heterocycles. The first-order valence-electron chi connectivity index (χ1n) is 7.24. The molecule has 0 fully saturated rings. The van der Waals surface area contributed by atoms with E-state index in [0.717, 1.165) is 29.8 Å². The van der Waals surface area contributed by atoms with Gasteiger partial charge in [-0.25, -0.2) is 0 Å². The van der Waals surface area contributed by atoms with Crippen LogP contribution in [0.1, 0.15) is 52.3 Å². The normalized spacial score (nSPS) is 13.7. The van der Waals surface area contributed by atoms with E-state index >= 15 is 0 Å². The van der Waals surface area contributed by atoms with Gasteiger partial charge in [0.1, 0.15) is 5.76 Å². The summed E-state index contributed by atoms with van der Waals surface area (Å²) in [4.78, 5) is 2.51. The Morgan fingerprint density at radius 2 is 1.89 bits per heavy atom. The average molecular weight is 331 g/mol. The zero-order chi connectivity index (χ0) is 14.4. The molecule has 0 aliphatic rings. The quantitative estimate of drug-likeness (QED) is 0.777. The van der Waals surface area contributed by atoms with Crippen LogP contribution < -0.4 is 5.73 Å². The molecule has 1 aromatic heterocycles. The molecule has 1 rings (SSSR count). The molecule has 1 aromatic rings. The number of nitrogens with two attached hydrogens (primary N) is 1. The van der Waals surface area contributed by atoms with E-state index in [4.69, 9.17) is 10.2 Å². The standard InChI is InChI=1S/C15H27BrN2O/c1-5-12(6-2)18(10-11(3)4)13(9-17)14-7-8-15(16)19-14/h7-8,11-13H,5-6,9-10,17H2,1-4H3. The van der Waals surface area contributed by atoms with Crippen LogP contribution in [0.5, 0.6) is 0 Å². The lowest BCUT2D eigenvalue weighted by Gasteiger charge is -2.37. The third kappa shape index (κ3) is 4.62. The monoisotopic (exact) mass is 330 g/mol. The maximum absolute atomic E-state index is 6.02. The summed E-state index contributed by atoms with van der Waals surface area (Å²) in [6.45, 7) is 10.6. The maximum Gasteiger partial charge on any atom is 0.169 e. The molecule has 19 heavy (non-hydrogen) atoms. The second-order valence-electron chi connectivity index (χ2n) is 5.45. The van der Waals surface area contributed by atoms with Crippen LogP contribution >= 0.6 is 15.9 Å². The van der Waals surface area contributed by atoms with Crippen molar-refractivity contribution in [3.63, 3.8) is 0 Å². The zero-order valence-electron chi connectivity index (χ0n) is 12.5. The Bertz CT molecular complexity index is 361. The summed E-state index contributed by atoms with van der Waals surface area (Å²) in [5.74, 6) is 1.58. The topological polar surface area (TPSA) is 42.4 Å². The summed E-state index contributed by atoms with van der Waals surface area (Å²) in [5, 5.41) is 0. The van der Waals surface area contributed by atoms with Crippen LogP contribution in [0.15, 0.2) is 21.2 Å². The Hall–Kier alpha value is -0.320. The van der Waals surface area contributed by atoms with E-state index in [9.17, 15) is 0 Å². The first-order chi connectivity index (χ1) is 9.03. The number of halogens is 1. The molecule has 0 aromatic carbocycles. The molecular formula is C15H27BrN2O. The van der Waals surface area contributed by atoms with E-state index in [-0.39, 0.29) is 6.04 Å².